The zero-order chi connectivity index (χ0) is 14.0. The van der Waals surface area contributed by atoms with E-state index in [2.05, 4.69) is 10.3 Å². The van der Waals surface area contributed by atoms with Crippen LogP contribution in [0.4, 0.5) is 21.6 Å². The van der Waals surface area contributed by atoms with Gasteiger partial charge >= 0.3 is 0 Å². The fourth-order valence-electron chi connectivity index (χ4n) is 1.65. The van der Waals surface area contributed by atoms with Gasteiger partial charge in [-0.15, -0.1) is 0 Å². The van der Waals surface area contributed by atoms with E-state index in [0.717, 1.165) is 5.56 Å². The molecule has 2 aromatic rings. The van der Waals surface area contributed by atoms with E-state index in [1.807, 2.05) is 0 Å². The van der Waals surface area contributed by atoms with E-state index in [1.54, 1.807) is 13.0 Å². The maximum atomic E-state index is 13.0. The van der Waals surface area contributed by atoms with Crippen LogP contribution in [-0.4, -0.2) is 10.9 Å². The van der Waals surface area contributed by atoms with E-state index in [-0.39, 0.29) is 17.1 Å². The number of aromatic nitrogens is 1. The predicted molar refractivity (Wildman–Crippen MR) is 71.6 cm³/mol. The Bertz CT molecular complexity index is 643. The summed E-state index contributed by atoms with van der Waals surface area (Å²) in [6.07, 6.45) is 1.35. The Morgan fingerprint density at radius 1 is 1.37 bits per heavy atom. The van der Waals surface area contributed by atoms with Crippen LogP contribution < -0.4 is 16.8 Å². The average molecular weight is 260 g/mol. The molecule has 2 rings (SSSR count). The van der Waals surface area contributed by atoms with Crippen LogP contribution in [0.5, 0.6) is 0 Å². The van der Waals surface area contributed by atoms with Crippen molar-refractivity contribution < 1.29 is 9.18 Å². The van der Waals surface area contributed by atoms with Crippen LogP contribution in [0, 0.1) is 12.7 Å². The van der Waals surface area contributed by atoms with Gasteiger partial charge in [-0.25, -0.2) is 9.37 Å². The van der Waals surface area contributed by atoms with Crippen LogP contribution in [-0.2, 0) is 0 Å². The van der Waals surface area contributed by atoms with Crippen molar-refractivity contribution in [3.63, 3.8) is 0 Å². The Morgan fingerprint density at radius 3 is 2.74 bits per heavy atom. The third kappa shape index (κ3) is 2.79. The highest BCUT2D eigenvalue weighted by molar-refractivity contribution is 5.98. The van der Waals surface area contributed by atoms with Gasteiger partial charge in [0.2, 0.25) is 0 Å². The first kappa shape index (κ1) is 12.8. The maximum absolute atomic E-state index is 13.0. The number of halogens is 1. The first-order chi connectivity index (χ1) is 8.97. The molecule has 0 radical (unpaired) electrons. The fourth-order valence-corrected chi connectivity index (χ4v) is 1.65. The molecule has 1 heterocycles. The number of pyridine rings is 1. The Balaban J connectivity index is 2.33. The number of nitrogen functional groups attached to an aromatic ring is 1. The van der Waals surface area contributed by atoms with E-state index >= 15 is 0 Å². The van der Waals surface area contributed by atoms with Crippen LogP contribution in [0.1, 0.15) is 15.9 Å². The molecule has 0 saturated carbocycles. The van der Waals surface area contributed by atoms with Gasteiger partial charge in [-0.3, -0.25) is 4.79 Å². The summed E-state index contributed by atoms with van der Waals surface area (Å²) >= 11 is 0. The summed E-state index contributed by atoms with van der Waals surface area (Å²) in [5.41, 5.74) is 12.6. The number of aryl methyl sites for hydroxylation is 1. The van der Waals surface area contributed by atoms with Gasteiger partial charge in [0.1, 0.15) is 11.6 Å². The van der Waals surface area contributed by atoms with Crippen LogP contribution in [0.15, 0.2) is 30.5 Å². The van der Waals surface area contributed by atoms with Gasteiger partial charge in [-0.2, -0.15) is 0 Å². The first-order valence-electron chi connectivity index (χ1n) is 5.56. The number of nitrogens with zero attached hydrogens (tertiary/aromatic N) is 1. The lowest BCUT2D eigenvalue weighted by atomic mass is 10.2. The maximum Gasteiger partial charge on any atom is 0.250 e. The van der Waals surface area contributed by atoms with Crippen molar-refractivity contribution in [3.05, 3.63) is 47.4 Å². The summed E-state index contributed by atoms with van der Waals surface area (Å²) in [5.74, 6) is -0.525. The number of anilines is 3. The largest absolute Gasteiger partial charge is 0.397 e. The van der Waals surface area contributed by atoms with Gasteiger partial charge < -0.3 is 16.8 Å². The SMILES string of the molecule is Cc1cc(F)ccc1Nc1cc(C(N)=O)c(N)cn1. The van der Waals surface area contributed by atoms with Gasteiger partial charge in [-0.05, 0) is 36.8 Å². The van der Waals surface area contributed by atoms with E-state index in [9.17, 15) is 9.18 Å². The van der Waals surface area contributed by atoms with E-state index in [4.69, 9.17) is 11.5 Å². The van der Waals surface area contributed by atoms with Crippen molar-refractivity contribution in [2.24, 2.45) is 5.73 Å². The molecular formula is C13H13FN4O. The molecule has 0 aliphatic heterocycles. The zero-order valence-electron chi connectivity index (χ0n) is 10.3. The number of hydrogen-bond donors (Lipinski definition) is 3. The number of rotatable bonds is 3. The van der Waals surface area contributed by atoms with Crippen molar-refractivity contribution in [1.82, 2.24) is 4.98 Å². The molecule has 0 aliphatic carbocycles. The lowest BCUT2D eigenvalue weighted by Crippen LogP contribution is -2.14. The molecule has 0 fully saturated rings. The third-order valence-corrected chi connectivity index (χ3v) is 2.65. The highest BCUT2D eigenvalue weighted by Crippen LogP contribution is 2.22. The molecule has 0 aliphatic rings. The van der Waals surface area contributed by atoms with Crippen LogP contribution >= 0.6 is 0 Å². The number of nitrogens with two attached hydrogens (primary N) is 2. The smallest absolute Gasteiger partial charge is 0.250 e. The Labute approximate surface area is 109 Å². The molecule has 1 amide bonds. The number of benzene rings is 1. The summed E-state index contributed by atoms with van der Waals surface area (Å²) in [6, 6.07) is 5.78. The van der Waals surface area contributed by atoms with Gasteiger partial charge in [0, 0.05) is 5.69 Å². The van der Waals surface area contributed by atoms with E-state index in [1.165, 1.54) is 24.4 Å². The van der Waals surface area contributed by atoms with Crippen molar-refractivity contribution in [2.75, 3.05) is 11.1 Å². The van der Waals surface area contributed by atoms with Crippen molar-refractivity contribution >= 4 is 23.1 Å². The quantitative estimate of drug-likeness (QED) is 0.786. The minimum atomic E-state index is -0.626. The summed E-state index contributed by atoms with van der Waals surface area (Å²) in [7, 11) is 0. The van der Waals surface area contributed by atoms with Gasteiger partial charge in [0.05, 0.1) is 17.4 Å². The second-order valence-electron chi connectivity index (χ2n) is 4.11. The lowest BCUT2D eigenvalue weighted by Gasteiger charge is -2.10. The Kier molecular flexibility index (Phi) is 3.33. The van der Waals surface area contributed by atoms with Gasteiger partial charge in [-0.1, -0.05) is 0 Å². The summed E-state index contributed by atoms with van der Waals surface area (Å²) < 4.78 is 13.0. The molecule has 0 saturated heterocycles. The Morgan fingerprint density at radius 2 is 2.11 bits per heavy atom. The summed E-state index contributed by atoms with van der Waals surface area (Å²) in [5, 5.41) is 2.98. The lowest BCUT2D eigenvalue weighted by molar-refractivity contribution is 0.100. The van der Waals surface area contributed by atoms with E-state index < -0.39 is 5.91 Å². The third-order valence-electron chi connectivity index (χ3n) is 2.65. The average Bonchev–Trinajstić information content (AvgIpc) is 2.34. The van der Waals surface area contributed by atoms with E-state index in [0.29, 0.717) is 11.5 Å². The molecule has 1 aromatic heterocycles. The number of hydrogen-bond acceptors (Lipinski definition) is 4. The normalized spacial score (nSPS) is 10.2. The van der Waals surface area contributed by atoms with Crippen LogP contribution in [0.2, 0.25) is 0 Å². The molecule has 0 unspecified atom stereocenters. The van der Waals surface area contributed by atoms with Gasteiger partial charge in [0.25, 0.3) is 5.91 Å². The number of primary amides is 1. The van der Waals surface area contributed by atoms with Crippen molar-refractivity contribution in [3.8, 4) is 0 Å². The number of nitrogens with one attached hydrogen (secondary N) is 1. The molecule has 6 heteroatoms. The predicted octanol–water partition coefficient (Wildman–Crippen LogP) is 1.95. The van der Waals surface area contributed by atoms with Gasteiger partial charge in [0.15, 0.2) is 0 Å². The molecule has 0 spiro atoms. The minimum Gasteiger partial charge on any atom is -0.397 e. The summed E-state index contributed by atoms with van der Waals surface area (Å²) in [6.45, 7) is 1.76. The zero-order valence-corrected chi connectivity index (χ0v) is 10.3. The highest BCUT2D eigenvalue weighted by Gasteiger charge is 2.08. The molecule has 0 atom stereocenters. The summed E-state index contributed by atoms with van der Waals surface area (Å²) in [4.78, 5) is 15.2. The second kappa shape index (κ2) is 4.93. The Hall–Kier alpha value is -2.63. The molecule has 19 heavy (non-hydrogen) atoms. The number of carbonyl (C=O) groups excluding carboxylic acids is 1. The molecule has 1 aromatic carbocycles. The molecule has 5 N–H and O–H groups in total. The monoisotopic (exact) mass is 260 g/mol. The van der Waals surface area contributed by atoms with Crippen molar-refractivity contribution in [1.29, 1.82) is 0 Å². The second-order valence-corrected chi connectivity index (χ2v) is 4.11. The highest BCUT2D eigenvalue weighted by atomic mass is 19.1. The molecule has 5 nitrogen and oxygen atoms in total. The number of amides is 1. The first-order valence-corrected chi connectivity index (χ1v) is 5.56. The topological polar surface area (TPSA) is 94.0 Å². The minimum absolute atomic E-state index is 0.192. The van der Waals surface area contributed by atoms with Crippen LogP contribution in [0.25, 0.3) is 0 Å². The molecule has 0 bridgehead atoms. The number of carbonyl (C=O) groups is 1. The van der Waals surface area contributed by atoms with Crippen LogP contribution in [0.3, 0.4) is 0 Å². The van der Waals surface area contributed by atoms with Crippen molar-refractivity contribution in [2.45, 2.75) is 6.92 Å². The standard InChI is InChI=1S/C13H13FN4O/c1-7-4-8(14)2-3-11(7)18-12-5-9(13(16)19)10(15)6-17-12/h2-6H,15H2,1H3,(H2,16,19)(H,17,18). The molecular weight excluding hydrogens is 247 g/mol. The fraction of sp³-hybridized carbons (Fsp3) is 0.0769. The molecule has 98 valence electrons.